The highest BCUT2D eigenvalue weighted by Gasteiger charge is 2.21. The molecule has 1 aliphatic heterocycles. The summed E-state index contributed by atoms with van der Waals surface area (Å²) >= 11 is 0. The molecule has 0 amide bonds. The van der Waals surface area contributed by atoms with Gasteiger partial charge in [0, 0.05) is 24.5 Å². The van der Waals surface area contributed by atoms with Crippen LogP contribution in [0.2, 0.25) is 0 Å². The average molecular weight is 307 g/mol. The molecule has 6 heteroatoms. The molecule has 1 aliphatic rings. The second-order valence-corrected chi connectivity index (χ2v) is 5.55. The summed E-state index contributed by atoms with van der Waals surface area (Å²) in [5.74, 6) is 0.827. The number of anilines is 1. The molecule has 0 bridgehead atoms. The Morgan fingerprint density at radius 3 is 2.70 bits per heavy atom. The Bertz CT molecular complexity index is 765. The van der Waals surface area contributed by atoms with E-state index in [-0.39, 0.29) is 0 Å². The second kappa shape index (κ2) is 6.18. The number of ether oxygens (including phenoxy) is 1. The molecule has 2 aromatic heterocycles. The molecule has 1 saturated heterocycles. The van der Waals surface area contributed by atoms with E-state index in [1.54, 1.807) is 6.20 Å². The van der Waals surface area contributed by atoms with Gasteiger partial charge in [-0.15, -0.1) is 0 Å². The van der Waals surface area contributed by atoms with Gasteiger partial charge in [0.2, 0.25) is 0 Å². The molecule has 116 valence electrons. The van der Waals surface area contributed by atoms with E-state index >= 15 is 0 Å². The number of rotatable bonds is 5. The molecule has 0 saturated carbocycles. The predicted octanol–water partition coefficient (Wildman–Crippen LogP) is 2.52. The normalized spacial score (nSPS) is 14.4. The van der Waals surface area contributed by atoms with Crippen molar-refractivity contribution in [2.24, 2.45) is 0 Å². The van der Waals surface area contributed by atoms with Crippen molar-refractivity contribution in [2.45, 2.75) is 12.6 Å². The Morgan fingerprint density at radius 2 is 2.00 bits per heavy atom. The van der Waals surface area contributed by atoms with Crippen molar-refractivity contribution in [2.75, 3.05) is 18.5 Å². The zero-order chi connectivity index (χ0) is 15.5. The van der Waals surface area contributed by atoms with Crippen molar-refractivity contribution >= 4 is 5.82 Å². The van der Waals surface area contributed by atoms with E-state index in [0.29, 0.717) is 6.04 Å². The molecule has 6 nitrogen and oxygen atoms in total. The van der Waals surface area contributed by atoms with Gasteiger partial charge in [0.05, 0.1) is 25.5 Å². The van der Waals surface area contributed by atoms with E-state index < -0.39 is 0 Å². The van der Waals surface area contributed by atoms with Crippen LogP contribution in [-0.4, -0.2) is 33.0 Å². The first-order valence-electron chi connectivity index (χ1n) is 7.59. The largest absolute Gasteiger partial charge is 0.377 e. The molecule has 0 aliphatic carbocycles. The van der Waals surface area contributed by atoms with Gasteiger partial charge in [0.25, 0.3) is 0 Å². The summed E-state index contributed by atoms with van der Waals surface area (Å²) < 4.78 is 7.20. The van der Waals surface area contributed by atoms with Gasteiger partial charge < -0.3 is 10.1 Å². The zero-order valence-electron chi connectivity index (χ0n) is 12.6. The molecular formula is C17H17N5O. The molecule has 0 radical (unpaired) electrons. The van der Waals surface area contributed by atoms with Gasteiger partial charge >= 0.3 is 0 Å². The number of hydrogen-bond donors (Lipinski definition) is 1. The van der Waals surface area contributed by atoms with Crippen molar-refractivity contribution < 1.29 is 4.74 Å². The van der Waals surface area contributed by atoms with E-state index in [1.807, 2.05) is 16.9 Å². The quantitative estimate of drug-likeness (QED) is 0.784. The first-order chi connectivity index (χ1) is 11.4. The van der Waals surface area contributed by atoms with E-state index in [0.717, 1.165) is 31.1 Å². The second-order valence-electron chi connectivity index (χ2n) is 5.55. The van der Waals surface area contributed by atoms with Gasteiger partial charge in [0.15, 0.2) is 0 Å². The van der Waals surface area contributed by atoms with Gasteiger partial charge in [-0.1, -0.05) is 24.3 Å². The number of benzene rings is 1. The van der Waals surface area contributed by atoms with Crippen LogP contribution in [0.25, 0.3) is 11.1 Å². The fourth-order valence-corrected chi connectivity index (χ4v) is 2.47. The number of nitrogens with zero attached hydrogens (tertiary/aromatic N) is 4. The lowest BCUT2D eigenvalue weighted by molar-refractivity contribution is -0.0286. The van der Waals surface area contributed by atoms with E-state index in [9.17, 15) is 0 Å². The lowest BCUT2D eigenvalue weighted by atomic mass is 10.1. The van der Waals surface area contributed by atoms with Gasteiger partial charge in [0.1, 0.15) is 12.1 Å². The predicted molar refractivity (Wildman–Crippen MR) is 86.9 cm³/mol. The van der Waals surface area contributed by atoms with Crippen LogP contribution >= 0.6 is 0 Å². The van der Waals surface area contributed by atoms with Crippen molar-refractivity contribution in [1.82, 2.24) is 19.7 Å². The first kappa shape index (κ1) is 13.9. The van der Waals surface area contributed by atoms with E-state index in [2.05, 4.69) is 50.8 Å². The van der Waals surface area contributed by atoms with Gasteiger partial charge in [-0.2, -0.15) is 5.10 Å². The van der Waals surface area contributed by atoms with Crippen LogP contribution in [0.3, 0.4) is 0 Å². The Labute approximate surface area is 134 Å². The number of aromatic nitrogens is 4. The molecule has 4 rings (SSSR count). The third-order valence-electron chi connectivity index (χ3n) is 3.94. The highest BCUT2D eigenvalue weighted by atomic mass is 16.5. The summed E-state index contributed by atoms with van der Waals surface area (Å²) in [5.41, 5.74) is 3.50. The average Bonchev–Trinajstić information content (AvgIpc) is 3.02. The van der Waals surface area contributed by atoms with Crippen LogP contribution < -0.4 is 5.32 Å². The third kappa shape index (κ3) is 3.07. The maximum Gasteiger partial charge on any atom is 0.129 e. The summed E-state index contributed by atoms with van der Waals surface area (Å²) in [6, 6.07) is 10.7. The maximum atomic E-state index is 5.21. The molecule has 1 N–H and O–H groups in total. The van der Waals surface area contributed by atoms with Crippen LogP contribution in [-0.2, 0) is 11.3 Å². The molecule has 3 aromatic rings. The minimum Gasteiger partial charge on any atom is -0.377 e. The number of hydrogen-bond acceptors (Lipinski definition) is 5. The molecule has 0 atom stereocenters. The first-order valence-corrected chi connectivity index (χ1v) is 7.59. The molecule has 1 fully saturated rings. The van der Waals surface area contributed by atoms with Crippen molar-refractivity contribution in [1.29, 1.82) is 0 Å². The summed E-state index contributed by atoms with van der Waals surface area (Å²) in [4.78, 5) is 8.05. The smallest absolute Gasteiger partial charge is 0.129 e. The molecule has 0 unspecified atom stereocenters. The van der Waals surface area contributed by atoms with Crippen LogP contribution in [0, 0.1) is 0 Å². The Kier molecular flexibility index (Phi) is 3.73. The van der Waals surface area contributed by atoms with Crippen molar-refractivity contribution in [3.05, 3.63) is 60.8 Å². The zero-order valence-corrected chi connectivity index (χ0v) is 12.6. The lowest BCUT2D eigenvalue weighted by Gasteiger charge is -2.25. The highest BCUT2D eigenvalue weighted by molar-refractivity contribution is 5.62. The Hall–Kier alpha value is -2.73. The van der Waals surface area contributed by atoms with E-state index in [1.165, 1.54) is 17.5 Å². The highest BCUT2D eigenvalue weighted by Crippen LogP contribution is 2.23. The standard InChI is InChI=1S/C17H17N5O/c1-3-14(15-8-21-22(9-15)16-10-23-11-16)4-2-13(1)7-19-17-5-6-18-12-20-17/h1-6,8-9,12,16H,7,10-11H2,(H,18,19,20). The van der Waals surface area contributed by atoms with Crippen molar-refractivity contribution in [3.8, 4) is 11.1 Å². The minimum absolute atomic E-state index is 0.389. The van der Waals surface area contributed by atoms with E-state index in [4.69, 9.17) is 4.74 Å². The maximum absolute atomic E-state index is 5.21. The third-order valence-corrected chi connectivity index (χ3v) is 3.94. The molecule has 1 aromatic carbocycles. The van der Waals surface area contributed by atoms with Crippen LogP contribution in [0.1, 0.15) is 11.6 Å². The fourth-order valence-electron chi connectivity index (χ4n) is 2.47. The van der Waals surface area contributed by atoms with Gasteiger partial charge in [-0.3, -0.25) is 4.68 Å². The molecule has 0 spiro atoms. The number of nitrogens with one attached hydrogen (secondary N) is 1. The summed E-state index contributed by atoms with van der Waals surface area (Å²) in [6.07, 6.45) is 7.26. The topological polar surface area (TPSA) is 64.9 Å². The summed E-state index contributed by atoms with van der Waals surface area (Å²) in [5, 5.41) is 7.70. The molecular weight excluding hydrogens is 290 g/mol. The monoisotopic (exact) mass is 307 g/mol. The SMILES string of the molecule is c1cc(NCc2ccc(-c3cnn(C4COC4)c3)cc2)ncn1. The van der Waals surface area contributed by atoms with Crippen LogP contribution in [0.4, 0.5) is 5.82 Å². The van der Waals surface area contributed by atoms with Crippen LogP contribution in [0.5, 0.6) is 0 Å². The minimum atomic E-state index is 0.389. The van der Waals surface area contributed by atoms with Gasteiger partial charge in [-0.25, -0.2) is 9.97 Å². The molecule has 3 heterocycles. The summed E-state index contributed by atoms with van der Waals surface area (Å²) in [7, 11) is 0. The van der Waals surface area contributed by atoms with Gasteiger partial charge in [-0.05, 0) is 17.2 Å². The Balaban J connectivity index is 1.42. The summed E-state index contributed by atoms with van der Waals surface area (Å²) in [6.45, 7) is 2.25. The fraction of sp³-hybridized carbons (Fsp3) is 0.235. The lowest BCUT2D eigenvalue weighted by Crippen LogP contribution is -2.30. The van der Waals surface area contributed by atoms with Crippen LogP contribution in [0.15, 0.2) is 55.2 Å². The Morgan fingerprint density at radius 1 is 1.13 bits per heavy atom. The molecule has 23 heavy (non-hydrogen) atoms. The van der Waals surface area contributed by atoms with Crippen molar-refractivity contribution in [3.63, 3.8) is 0 Å².